The summed E-state index contributed by atoms with van der Waals surface area (Å²) >= 11 is 1.91. The second kappa shape index (κ2) is 6.53. The third-order valence-electron chi connectivity index (χ3n) is 3.83. The van der Waals surface area contributed by atoms with E-state index in [1.54, 1.807) is 0 Å². The Balaban J connectivity index is 2.43. The van der Waals surface area contributed by atoms with Crippen molar-refractivity contribution in [1.29, 1.82) is 0 Å². The van der Waals surface area contributed by atoms with Crippen LogP contribution in [-0.4, -0.2) is 22.6 Å². The molecule has 0 saturated heterocycles. The van der Waals surface area contributed by atoms with E-state index in [0.717, 1.165) is 55.9 Å². The number of thioether (sulfide) groups is 1. The minimum atomic E-state index is -0.555. The Kier molecular flexibility index (Phi) is 5.67. The first-order valence-corrected chi connectivity index (χ1v) is 7.57. The van der Waals surface area contributed by atoms with Gasteiger partial charge in [0.25, 0.3) is 0 Å². The minimum absolute atomic E-state index is 0.388. The molecular weight excluding hydrogens is 220 g/mol. The molecule has 0 aromatic carbocycles. The fourth-order valence-electron chi connectivity index (χ4n) is 2.54. The Morgan fingerprint density at radius 3 is 2.56 bits per heavy atom. The van der Waals surface area contributed by atoms with Gasteiger partial charge in [0.1, 0.15) is 0 Å². The van der Waals surface area contributed by atoms with Gasteiger partial charge in [-0.3, -0.25) is 4.79 Å². The van der Waals surface area contributed by atoms with Crippen molar-refractivity contribution in [2.45, 2.75) is 52.4 Å². The quantitative estimate of drug-likeness (QED) is 0.722. The second-order valence-electron chi connectivity index (χ2n) is 5.07. The highest BCUT2D eigenvalue weighted by Crippen LogP contribution is 2.42. The third kappa shape index (κ3) is 3.69. The first kappa shape index (κ1) is 13.9. The molecule has 16 heavy (non-hydrogen) atoms. The number of aliphatic carboxylic acids is 1. The van der Waals surface area contributed by atoms with Gasteiger partial charge >= 0.3 is 5.97 Å². The van der Waals surface area contributed by atoms with Crippen LogP contribution in [0.4, 0.5) is 0 Å². The van der Waals surface area contributed by atoms with E-state index in [1.807, 2.05) is 11.8 Å². The van der Waals surface area contributed by atoms with Crippen molar-refractivity contribution in [2.24, 2.45) is 11.3 Å². The van der Waals surface area contributed by atoms with Crippen molar-refractivity contribution in [3.05, 3.63) is 0 Å². The maximum atomic E-state index is 11.4. The van der Waals surface area contributed by atoms with E-state index >= 15 is 0 Å². The zero-order chi connectivity index (χ0) is 12.0. The van der Waals surface area contributed by atoms with E-state index in [1.165, 1.54) is 0 Å². The van der Waals surface area contributed by atoms with E-state index < -0.39 is 5.97 Å². The van der Waals surface area contributed by atoms with Gasteiger partial charge < -0.3 is 5.11 Å². The van der Waals surface area contributed by atoms with Crippen molar-refractivity contribution in [2.75, 3.05) is 11.5 Å². The summed E-state index contributed by atoms with van der Waals surface area (Å²) < 4.78 is 0. The van der Waals surface area contributed by atoms with Crippen LogP contribution >= 0.6 is 11.8 Å². The Hall–Kier alpha value is -0.180. The van der Waals surface area contributed by atoms with Gasteiger partial charge in [-0.25, -0.2) is 0 Å². The van der Waals surface area contributed by atoms with Gasteiger partial charge in [-0.2, -0.15) is 11.8 Å². The highest BCUT2D eigenvalue weighted by Gasteiger charge is 2.40. The molecule has 0 spiro atoms. The van der Waals surface area contributed by atoms with Crippen molar-refractivity contribution >= 4 is 17.7 Å². The van der Waals surface area contributed by atoms with Crippen LogP contribution in [0.25, 0.3) is 0 Å². The number of carbonyl (C=O) groups is 1. The Labute approximate surface area is 103 Å². The Bertz CT molecular complexity index is 220. The Morgan fingerprint density at radius 2 is 2.06 bits per heavy atom. The first-order chi connectivity index (χ1) is 7.60. The number of carboxylic acids is 1. The zero-order valence-electron chi connectivity index (χ0n) is 10.5. The van der Waals surface area contributed by atoms with Crippen LogP contribution in [0, 0.1) is 11.3 Å². The average molecular weight is 244 g/mol. The fraction of sp³-hybridized carbons (Fsp3) is 0.923. The molecular formula is C13H24O2S. The predicted molar refractivity (Wildman–Crippen MR) is 69.9 cm³/mol. The molecule has 0 radical (unpaired) electrons. The van der Waals surface area contributed by atoms with E-state index in [0.29, 0.717) is 0 Å². The normalized spacial score (nSPS) is 30.2. The lowest BCUT2D eigenvalue weighted by atomic mass is 9.68. The van der Waals surface area contributed by atoms with Crippen LogP contribution < -0.4 is 0 Å². The molecule has 0 aromatic heterocycles. The lowest BCUT2D eigenvalue weighted by Crippen LogP contribution is -2.35. The second-order valence-corrected chi connectivity index (χ2v) is 6.46. The maximum Gasteiger partial charge on any atom is 0.309 e. The summed E-state index contributed by atoms with van der Waals surface area (Å²) in [4.78, 5) is 11.4. The highest BCUT2D eigenvalue weighted by molar-refractivity contribution is 7.99. The molecule has 0 amide bonds. The zero-order valence-corrected chi connectivity index (χ0v) is 11.3. The van der Waals surface area contributed by atoms with Gasteiger partial charge in [0.2, 0.25) is 0 Å². The minimum Gasteiger partial charge on any atom is -0.481 e. The van der Waals surface area contributed by atoms with Crippen LogP contribution in [0.3, 0.4) is 0 Å². The SMILES string of the molecule is CCSCCCC1(C(=O)O)CCC(C)CC1. The molecule has 94 valence electrons. The van der Waals surface area contributed by atoms with E-state index in [4.69, 9.17) is 0 Å². The summed E-state index contributed by atoms with van der Waals surface area (Å²) in [5, 5.41) is 9.42. The van der Waals surface area contributed by atoms with E-state index in [9.17, 15) is 9.90 Å². The van der Waals surface area contributed by atoms with Gasteiger partial charge in [0.05, 0.1) is 5.41 Å². The van der Waals surface area contributed by atoms with E-state index in [2.05, 4.69) is 13.8 Å². The maximum absolute atomic E-state index is 11.4. The monoisotopic (exact) mass is 244 g/mol. The molecule has 0 bridgehead atoms. The fourth-order valence-corrected chi connectivity index (χ4v) is 3.18. The summed E-state index contributed by atoms with van der Waals surface area (Å²) in [5.41, 5.74) is -0.388. The van der Waals surface area contributed by atoms with Gasteiger partial charge in [-0.1, -0.05) is 13.8 Å². The summed E-state index contributed by atoms with van der Waals surface area (Å²) in [6.07, 6.45) is 5.89. The van der Waals surface area contributed by atoms with Crippen LogP contribution in [0.15, 0.2) is 0 Å². The number of hydrogen-bond acceptors (Lipinski definition) is 2. The predicted octanol–water partition coefficient (Wildman–Crippen LogP) is 3.80. The topological polar surface area (TPSA) is 37.3 Å². The number of carboxylic acid groups (broad SMARTS) is 1. The molecule has 3 heteroatoms. The molecule has 1 aliphatic rings. The molecule has 1 aliphatic carbocycles. The van der Waals surface area contributed by atoms with Crippen LogP contribution in [0.5, 0.6) is 0 Å². The highest BCUT2D eigenvalue weighted by atomic mass is 32.2. The molecule has 0 heterocycles. The summed E-state index contributed by atoms with van der Waals surface area (Å²) in [6.45, 7) is 4.39. The number of hydrogen-bond donors (Lipinski definition) is 1. The lowest BCUT2D eigenvalue weighted by Gasteiger charge is -2.35. The van der Waals surface area contributed by atoms with Crippen LogP contribution in [0.2, 0.25) is 0 Å². The molecule has 1 N–H and O–H groups in total. The molecule has 2 nitrogen and oxygen atoms in total. The summed E-state index contributed by atoms with van der Waals surface area (Å²) in [6, 6.07) is 0. The van der Waals surface area contributed by atoms with Gasteiger partial charge in [0.15, 0.2) is 0 Å². The van der Waals surface area contributed by atoms with Crippen molar-refractivity contribution < 1.29 is 9.90 Å². The number of rotatable bonds is 6. The summed E-state index contributed by atoms with van der Waals surface area (Å²) in [7, 11) is 0. The molecule has 0 atom stereocenters. The molecule has 1 fully saturated rings. The van der Waals surface area contributed by atoms with Crippen molar-refractivity contribution in [3.63, 3.8) is 0 Å². The standard InChI is InChI=1S/C13H24O2S/c1-3-16-10-4-7-13(12(14)15)8-5-11(2)6-9-13/h11H,3-10H2,1-2H3,(H,14,15). The first-order valence-electron chi connectivity index (χ1n) is 6.42. The molecule has 0 aliphatic heterocycles. The largest absolute Gasteiger partial charge is 0.481 e. The Morgan fingerprint density at radius 1 is 1.44 bits per heavy atom. The smallest absolute Gasteiger partial charge is 0.309 e. The van der Waals surface area contributed by atoms with Crippen molar-refractivity contribution in [1.82, 2.24) is 0 Å². The summed E-state index contributed by atoms with van der Waals surface area (Å²) in [5.74, 6) is 2.41. The molecule has 1 saturated carbocycles. The van der Waals surface area contributed by atoms with Crippen LogP contribution in [-0.2, 0) is 4.79 Å². The lowest BCUT2D eigenvalue weighted by molar-refractivity contribution is -0.152. The van der Waals surface area contributed by atoms with Gasteiger partial charge in [0, 0.05) is 0 Å². The van der Waals surface area contributed by atoms with Crippen molar-refractivity contribution in [3.8, 4) is 0 Å². The molecule has 0 unspecified atom stereocenters. The van der Waals surface area contributed by atoms with Gasteiger partial charge in [-0.15, -0.1) is 0 Å². The molecule has 1 rings (SSSR count). The average Bonchev–Trinajstić information content (AvgIpc) is 2.27. The third-order valence-corrected chi connectivity index (χ3v) is 4.82. The molecule has 0 aromatic rings. The van der Waals surface area contributed by atoms with Crippen LogP contribution in [0.1, 0.15) is 52.4 Å². The van der Waals surface area contributed by atoms with E-state index in [-0.39, 0.29) is 5.41 Å². The van der Waals surface area contributed by atoms with Gasteiger partial charge in [-0.05, 0) is 55.9 Å².